The lowest BCUT2D eigenvalue weighted by molar-refractivity contribution is -0.160. The lowest BCUT2D eigenvalue weighted by atomic mass is 9.96. The molecule has 0 aromatic heterocycles. The van der Waals surface area contributed by atoms with Crippen LogP contribution in [-0.4, -0.2) is 63.4 Å². The fourth-order valence-corrected chi connectivity index (χ4v) is 3.30. The summed E-state index contributed by atoms with van der Waals surface area (Å²) in [5.74, 6) is 0. The number of thioether (sulfide) groups is 1. The maximum absolute atomic E-state index is 10.0. The van der Waals surface area contributed by atoms with Gasteiger partial charge in [0.1, 0.15) is 17.6 Å². The molecule has 18 heavy (non-hydrogen) atoms. The summed E-state index contributed by atoms with van der Waals surface area (Å²) in [7, 11) is 0. The summed E-state index contributed by atoms with van der Waals surface area (Å²) in [5, 5.41) is 32.7. The smallest absolute Gasteiger partial charge is 0.159 e. The molecule has 5 atom stereocenters. The van der Waals surface area contributed by atoms with Crippen molar-refractivity contribution in [3.63, 3.8) is 0 Å². The Balaban J connectivity index is 2.02. The summed E-state index contributed by atoms with van der Waals surface area (Å²) in [6, 6.07) is -0.337. The first-order valence-electron chi connectivity index (χ1n) is 6.27. The Morgan fingerprint density at radius 1 is 1.39 bits per heavy atom. The van der Waals surface area contributed by atoms with E-state index in [9.17, 15) is 10.2 Å². The van der Waals surface area contributed by atoms with Crippen molar-refractivity contribution < 1.29 is 20.1 Å². The minimum absolute atomic E-state index is 0.0687. The fourth-order valence-electron chi connectivity index (χ4n) is 2.13. The second kappa shape index (κ2) is 6.21. The third-order valence-electron chi connectivity index (χ3n) is 3.11. The van der Waals surface area contributed by atoms with Crippen LogP contribution in [0, 0.1) is 0 Å². The van der Waals surface area contributed by atoms with E-state index in [2.05, 4.69) is 10.3 Å². The molecule has 0 spiro atoms. The zero-order valence-electron chi connectivity index (χ0n) is 10.3. The van der Waals surface area contributed by atoms with Crippen LogP contribution in [0.1, 0.15) is 19.8 Å². The molecule has 1 unspecified atom stereocenters. The van der Waals surface area contributed by atoms with Gasteiger partial charge >= 0.3 is 0 Å². The standard InChI is InChI=1S/C11H20N2O4S/c1-2-4-12-11-13-7-9(16)8(15)6(3-5-14)17-10(7)18-11/h6-10,14-16H,2-5H2,1H3,(H,12,13)/t6?,7-,8-,9-,10-/m1/s1. The second-order valence-corrected chi connectivity index (χ2v) is 5.60. The highest BCUT2D eigenvalue weighted by Gasteiger charge is 2.48. The molecule has 0 radical (unpaired) electrons. The van der Waals surface area contributed by atoms with Gasteiger partial charge in [-0.25, -0.2) is 0 Å². The van der Waals surface area contributed by atoms with Crippen molar-refractivity contribution in [3.05, 3.63) is 0 Å². The highest BCUT2D eigenvalue weighted by Crippen LogP contribution is 2.34. The average molecular weight is 276 g/mol. The Morgan fingerprint density at radius 3 is 2.83 bits per heavy atom. The molecule has 2 aliphatic heterocycles. The highest BCUT2D eigenvalue weighted by molar-refractivity contribution is 8.14. The summed E-state index contributed by atoms with van der Waals surface area (Å²) in [5.41, 5.74) is -0.254. The van der Waals surface area contributed by atoms with Crippen LogP contribution >= 0.6 is 11.8 Å². The Labute approximate surface area is 110 Å². The number of aliphatic imine (C=N–C) groups is 1. The van der Waals surface area contributed by atoms with Crippen molar-refractivity contribution in [2.24, 2.45) is 4.99 Å². The van der Waals surface area contributed by atoms with Crippen molar-refractivity contribution >= 4 is 16.9 Å². The maximum Gasteiger partial charge on any atom is 0.159 e. The van der Waals surface area contributed by atoms with Gasteiger partial charge in [0.15, 0.2) is 5.17 Å². The van der Waals surface area contributed by atoms with E-state index in [4.69, 9.17) is 9.84 Å². The molecule has 0 aromatic carbocycles. The zero-order valence-corrected chi connectivity index (χ0v) is 11.1. The van der Waals surface area contributed by atoms with Gasteiger partial charge in [-0.05, 0) is 12.8 Å². The lowest BCUT2D eigenvalue weighted by Crippen LogP contribution is -2.58. The minimum atomic E-state index is -0.975. The largest absolute Gasteiger partial charge is 0.396 e. The van der Waals surface area contributed by atoms with Gasteiger partial charge in [-0.1, -0.05) is 18.7 Å². The number of ether oxygens (including phenoxy) is 1. The van der Waals surface area contributed by atoms with Gasteiger partial charge in [-0.2, -0.15) is 0 Å². The first kappa shape index (κ1) is 14.1. The number of nitrogens with one attached hydrogen (secondary N) is 1. The first-order chi connectivity index (χ1) is 8.67. The van der Waals surface area contributed by atoms with Crippen LogP contribution in [-0.2, 0) is 4.74 Å². The molecule has 2 saturated heterocycles. The Morgan fingerprint density at radius 2 is 2.17 bits per heavy atom. The monoisotopic (exact) mass is 276 g/mol. The molecule has 2 aliphatic rings. The SMILES string of the molecule is CCCN=C1N[C@@H]2[C@@H](O)[C@H](O)C(CCO)O[C@@H]2S1. The number of fused-ring (bicyclic) bond motifs is 1. The van der Waals surface area contributed by atoms with E-state index in [-0.39, 0.29) is 18.1 Å². The van der Waals surface area contributed by atoms with Gasteiger partial charge in [0.25, 0.3) is 0 Å². The molecule has 6 nitrogen and oxygen atoms in total. The molecule has 4 N–H and O–H groups in total. The van der Waals surface area contributed by atoms with E-state index >= 15 is 0 Å². The van der Waals surface area contributed by atoms with Crippen LogP contribution in [0.5, 0.6) is 0 Å². The molecule has 0 amide bonds. The number of nitrogens with zero attached hydrogens (tertiary/aromatic N) is 1. The minimum Gasteiger partial charge on any atom is -0.396 e. The first-order valence-corrected chi connectivity index (χ1v) is 7.15. The van der Waals surface area contributed by atoms with Crippen molar-refractivity contribution in [2.45, 2.75) is 49.6 Å². The quantitative estimate of drug-likeness (QED) is 0.542. The molecule has 0 saturated carbocycles. The van der Waals surface area contributed by atoms with Crippen LogP contribution in [0.2, 0.25) is 0 Å². The molecule has 2 fully saturated rings. The Bertz CT molecular complexity index is 315. The van der Waals surface area contributed by atoms with E-state index in [1.54, 1.807) is 0 Å². The van der Waals surface area contributed by atoms with Crippen molar-refractivity contribution in [3.8, 4) is 0 Å². The predicted molar refractivity (Wildman–Crippen MR) is 69.5 cm³/mol. The zero-order chi connectivity index (χ0) is 13.1. The van der Waals surface area contributed by atoms with Gasteiger partial charge < -0.3 is 25.4 Å². The van der Waals surface area contributed by atoms with Crippen molar-refractivity contribution in [1.82, 2.24) is 5.32 Å². The van der Waals surface area contributed by atoms with E-state index in [0.29, 0.717) is 6.42 Å². The lowest BCUT2D eigenvalue weighted by Gasteiger charge is -2.38. The van der Waals surface area contributed by atoms with E-state index in [0.717, 1.165) is 18.1 Å². The van der Waals surface area contributed by atoms with Gasteiger partial charge in [0.05, 0.1) is 12.1 Å². The van der Waals surface area contributed by atoms with Crippen LogP contribution in [0.4, 0.5) is 0 Å². The summed E-state index contributed by atoms with van der Waals surface area (Å²) < 4.78 is 5.69. The normalized spacial score (nSPS) is 41.8. The number of hydrogen-bond donors (Lipinski definition) is 4. The van der Waals surface area contributed by atoms with E-state index in [1.807, 2.05) is 6.92 Å². The maximum atomic E-state index is 10.0. The number of aliphatic hydroxyl groups is 3. The van der Waals surface area contributed by atoms with E-state index < -0.39 is 18.3 Å². The molecule has 7 heteroatoms. The van der Waals surface area contributed by atoms with Crippen LogP contribution in [0.15, 0.2) is 4.99 Å². The molecular formula is C11H20N2O4S. The van der Waals surface area contributed by atoms with Crippen LogP contribution in [0.3, 0.4) is 0 Å². The Hall–Kier alpha value is -0.340. The molecule has 0 aromatic rings. The fraction of sp³-hybridized carbons (Fsp3) is 0.909. The average Bonchev–Trinajstić information content (AvgIpc) is 2.76. The number of aliphatic hydroxyl groups excluding tert-OH is 3. The third kappa shape index (κ3) is 2.80. The number of hydrogen-bond acceptors (Lipinski definition) is 6. The summed E-state index contributed by atoms with van der Waals surface area (Å²) in [4.78, 5) is 4.34. The molecule has 2 heterocycles. The second-order valence-electron chi connectivity index (χ2n) is 4.51. The topological polar surface area (TPSA) is 94.3 Å². The van der Waals surface area contributed by atoms with Gasteiger partial charge in [-0.15, -0.1) is 0 Å². The van der Waals surface area contributed by atoms with Crippen molar-refractivity contribution in [1.29, 1.82) is 0 Å². The molecule has 0 bridgehead atoms. The van der Waals surface area contributed by atoms with E-state index in [1.165, 1.54) is 11.8 Å². The summed E-state index contributed by atoms with van der Waals surface area (Å²) in [6.07, 6.45) is -1.12. The van der Waals surface area contributed by atoms with Crippen LogP contribution in [0.25, 0.3) is 0 Å². The summed E-state index contributed by atoms with van der Waals surface area (Å²) in [6.45, 7) is 2.71. The molecule has 104 valence electrons. The highest BCUT2D eigenvalue weighted by atomic mass is 32.2. The van der Waals surface area contributed by atoms with Gasteiger partial charge in [0.2, 0.25) is 0 Å². The Kier molecular flexibility index (Phi) is 4.85. The van der Waals surface area contributed by atoms with Gasteiger partial charge in [-0.3, -0.25) is 4.99 Å². The molecular weight excluding hydrogens is 256 g/mol. The third-order valence-corrected chi connectivity index (χ3v) is 4.22. The van der Waals surface area contributed by atoms with Gasteiger partial charge in [0, 0.05) is 13.2 Å². The van der Waals surface area contributed by atoms with Crippen LogP contribution < -0.4 is 5.32 Å². The molecule has 2 rings (SSSR count). The number of rotatable bonds is 4. The molecule has 0 aliphatic carbocycles. The van der Waals surface area contributed by atoms with Crippen molar-refractivity contribution in [2.75, 3.05) is 13.2 Å². The number of amidine groups is 1. The summed E-state index contributed by atoms with van der Waals surface area (Å²) >= 11 is 1.43. The predicted octanol–water partition coefficient (Wildman–Crippen LogP) is -0.714.